The standard InChI is InChI=1S/C16H12N4O3S/c21-14-7-1-11(2-8-14)9-17-19-16-18-15(10-24-16)12-3-5-13(6-4-12)20(22)23/h1-10,21H,(H,18,19)/b17-9-. The molecule has 3 aromatic rings. The van der Waals surface area contributed by atoms with Gasteiger partial charge >= 0.3 is 0 Å². The number of hydrazone groups is 1. The quantitative estimate of drug-likeness (QED) is 0.417. The number of non-ortho nitro benzene ring substituents is 1. The molecule has 0 saturated heterocycles. The first-order valence-electron chi connectivity index (χ1n) is 6.90. The summed E-state index contributed by atoms with van der Waals surface area (Å²) in [6.07, 6.45) is 1.62. The molecule has 0 radical (unpaired) electrons. The lowest BCUT2D eigenvalue weighted by Crippen LogP contribution is -1.90. The van der Waals surface area contributed by atoms with Crippen LogP contribution in [-0.4, -0.2) is 21.2 Å². The van der Waals surface area contributed by atoms with Gasteiger partial charge in [0.2, 0.25) is 5.13 Å². The van der Waals surface area contributed by atoms with Crippen molar-refractivity contribution in [3.8, 4) is 17.0 Å². The number of benzene rings is 2. The van der Waals surface area contributed by atoms with Gasteiger partial charge in [0.05, 0.1) is 16.8 Å². The third-order valence-corrected chi connectivity index (χ3v) is 3.89. The minimum Gasteiger partial charge on any atom is -0.508 e. The maximum absolute atomic E-state index is 10.7. The van der Waals surface area contributed by atoms with E-state index in [-0.39, 0.29) is 11.4 Å². The molecule has 0 amide bonds. The van der Waals surface area contributed by atoms with Crippen molar-refractivity contribution >= 4 is 28.4 Å². The van der Waals surface area contributed by atoms with Crippen LogP contribution in [0.5, 0.6) is 5.75 Å². The van der Waals surface area contributed by atoms with E-state index in [4.69, 9.17) is 0 Å². The zero-order valence-electron chi connectivity index (χ0n) is 12.3. The number of phenolic OH excluding ortho intramolecular Hbond substituents is 1. The molecule has 2 aromatic carbocycles. The van der Waals surface area contributed by atoms with E-state index >= 15 is 0 Å². The van der Waals surface area contributed by atoms with Crippen LogP contribution >= 0.6 is 11.3 Å². The van der Waals surface area contributed by atoms with Crippen LogP contribution in [0.3, 0.4) is 0 Å². The number of aromatic nitrogens is 1. The maximum Gasteiger partial charge on any atom is 0.269 e. The number of nitro groups is 1. The third kappa shape index (κ3) is 3.73. The van der Waals surface area contributed by atoms with Crippen LogP contribution in [0.2, 0.25) is 0 Å². The van der Waals surface area contributed by atoms with Crippen molar-refractivity contribution in [1.29, 1.82) is 0 Å². The van der Waals surface area contributed by atoms with Gasteiger partial charge in [-0.05, 0) is 42.0 Å². The van der Waals surface area contributed by atoms with Crippen molar-refractivity contribution in [2.24, 2.45) is 5.10 Å². The van der Waals surface area contributed by atoms with Crippen LogP contribution in [0.25, 0.3) is 11.3 Å². The number of anilines is 1. The molecule has 1 heterocycles. The van der Waals surface area contributed by atoms with E-state index in [1.807, 2.05) is 5.38 Å². The van der Waals surface area contributed by atoms with Crippen molar-refractivity contribution in [2.45, 2.75) is 0 Å². The molecule has 0 saturated carbocycles. The van der Waals surface area contributed by atoms with E-state index in [9.17, 15) is 15.2 Å². The minimum atomic E-state index is -0.435. The Morgan fingerprint density at radius 1 is 1.17 bits per heavy atom. The highest BCUT2D eigenvalue weighted by molar-refractivity contribution is 7.14. The number of rotatable bonds is 5. The van der Waals surface area contributed by atoms with Gasteiger partial charge in [-0.2, -0.15) is 5.10 Å². The molecule has 0 fully saturated rings. The lowest BCUT2D eigenvalue weighted by molar-refractivity contribution is -0.384. The van der Waals surface area contributed by atoms with Gasteiger partial charge in [-0.1, -0.05) is 0 Å². The van der Waals surface area contributed by atoms with E-state index in [1.54, 1.807) is 42.6 Å². The van der Waals surface area contributed by atoms with E-state index in [2.05, 4.69) is 15.5 Å². The Balaban J connectivity index is 1.67. The fourth-order valence-electron chi connectivity index (χ4n) is 1.93. The first-order chi connectivity index (χ1) is 11.6. The van der Waals surface area contributed by atoms with Gasteiger partial charge in [-0.25, -0.2) is 4.98 Å². The summed E-state index contributed by atoms with van der Waals surface area (Å²) in [5.41, 5.74) is 5.24. The monoisotopic (exact) mass is 340 g/mol. The summed E-state index contributed by atoms with van der Waals surface area (Å²) in [4.78, 5) is 14.6. The molecule has 0 aliphatic carbocycles. The van der Waals surface area contributed by atoms with Crippen LogP contribution < -0.4 is 5.43 Å². The van der Waals surface area contributed by atoms with Gasteiger partial charge in [0.1, 0.15) is 5.75 Å². The van der Waals surface area contributed by atoms with Crippen molar-refractivity contribution < 1.29 is 10.0 Å². The average molecular weight is 340 g/mol. The second-order valence-electron chi connectivity index (χ2n) is 4.80. The van der Waals surface area contributed by atoms with Gasteiger partial charge in [-0.3, -0.25) is 15.5 Å². The molecule has 0 atom stereocenters. The zero-order valence-corrected chi connectivity index (χ0v) is 13.1. The number of hydrogen-bond acceptors (Lipinski definition) is 7. The van der Waals surface area contributed by atoms with Crippen LogP contribution in [0.1, 0.15) is 5.56 Å². The topological polar surface area (TPSA) is 101 Å². The summed E-state index contributed by atoms with van der Waals surface area (Å²) < 4.78 is 0. The molecule has 0 bridgehead atoms. The molecular weight excluding hydrogens is 328 g/mol. The van der Waals surface area contributed by atoms with E-state index in [0.717, 1.165) is 16.8 Å². The molecule has 0 spiro atoms. The number of hydrogen-bond donors (Lipinski definition) is 2. The second-order valence-corrected chi connectivity index (χ2v) is 5.66. The molecule has 1 aromatic heterocycles. The zero-order chi connectivity index (χ0) is 16.9. The van der Waals surface area contributed by atoms with E-state index in [0.29, 0.717) is 5.13 Å². The Kier molecular flexibility index (Phi) is 4.48. The van der Waals surface area contributed by atoms with Gasteiger partial charge in [-0.15, -0.1) is 11.3 Å². The Hall–Kier alpha value is -3.26. The Labute approximate surface area is 141 Å². The predicted molar refractivity (Wildman–Crippen MR) is 93.5 cm³/mol. The van der Waals surface area contributed by atoms with Gasteiger partial charge in [0, 0.05) is 23.1 Å². The minimum absolute atomic E-state index is 0.0471. The fourth-order valence-corrected chi connectivity index (χ4v) is 2.60. The van der Waals surface area contributed by atoms with E-state index in [1.165, 1.54) is 23.5 Å². The highest BCUT2D eigenvalue weighted by Gasteiger charge is 2.07. The Morgan fingerprint density at radius 3 is 2.54 bits per heavy atom. The first kappa shape index (κ1) is 15.6. The highest BCUT2D eigenvalue weighted by atomic mass is 32.1. The van der Waals surface area contributed by atoms with Gasteiger partial charge < -0.3 is 5.11 Å². The van der Waals surface area contributed by atoms with Crippen molar-refractivity contribution in [1.82, 2.24) is 4.98 Å². The molecule has 2 N–H and O–H groups in total. The lowest BCUT2D eigenvalue weighted by atomic mass is 10.1. The van der Waals surface area contributed by atoms with Crippen molar-refractivity contribution in [3.05, 3.63) is 69.6 Å². The number of phenols is 1. The van der Waals surface area contributed by atoms with Crippen LogP contribution in [-0.2, 0) is 0 Å². The second kappa shape index (κ2) is 6.88. The smallest absolute Gasteiger partial charge is 0.269 e. The van der Waals surface area contributed by atoms with Crippen molar-refractivity contribution in [2.75, 3.05) is 5.43 Å². The highest BCUT2D eigenvalue weighted by Crippen LogP contribution is 2.26. The van der Waals surface area contributed by atoms with Gasteiger partial charge in [0.15, 0.2) is 0 Å². The average Bonchev–Trinajstić information content (AvgIpc) is 3.06. The largest absolute Gasteiger partial charge is 0.508 e. The molecule has 3 rings (SSSR count). The van der Waals surface area contributed by atoms with E-state index < -0.39 is 4.92 Å². The third-order valence-electron chi connectivity index (χ3n) is 3.14. The molecule has 8 heteroatoms. The number of nitro benzene ring substituents is 1. The summed E-state index contributed by atoms with van der Waals surface area (Å²) in [5, 5.41) is 26.4. The molecule has 7 nitrogen and oxygen atoms in total. The maximum atomic E-state index is 10.7. The normalized spacial score (nSPS) is 10.8. The number of nitrogens with one attached hydrogen (secondary N) is 1. The summed E-state index contributed by atoms with van der Waals surface area (Å²) in [6.45, 7) is 0. The Morgan fingerprint density at radius 2 is 1.88 bits per heavy atom. The number of nitrogens with zero attached hydrogens (tertiary/aromatic N) is 3. The number of aromatic hydroxyl groups is 1. The van der Waals surface area contributed by atoms with Gasteiger partial charge in [0.25, 0.3) is 5.69 Å². The van der Waals surface area contributed by atoms with Crippen LogP contribution in [0, 0.1) is 10.1 Å². The summed E-state index contributed by atoms with van der Waals surface area (Å²) >= 11 is 1.38. The van der Waals surface area contributed by atoms with Crippen molar-refractivity contribution in [3.63, 3.8) is 0 Å². The lowest BCUT2D eigenvalue weighted by Gasteiger charge is -1.97. The molecule has 0 aliphatic rings. The predicted octanol–water partition coefficient (Wildman–Crippen LogP) is 3.87. The molecule has 120 valence electrons. The molecule has 0 unspecified atom stereocenters. The molecule has 0 aliphatic heterocycles. The first-order valence-corrected chi connectivity index (χ1v) is 7.78. The summed E-state index contributed by atoms with van der Waals surface area (Å²) in [5.74, 6) is 0.202. The summed E-state index contributed by atoms with van der Waals surface area (Å²) in [7, 11) is 0. The molecular formula is C16H12N4O3S. The summed E-state index contributed by atoms with van der Waals surface area (Å²) in [6, 6.07) is 12.9. The number of thiazole rings is 1. The molecule has 24 heavy (non-hydrogen) atoms. The fraction of sp³-hybridized carbons (Fsp3) is 0. The van der Waals surface area contributed by atoms with Crippen LogP contribution in [0.4, 0.5) is 10.8 Å². The SMILES string of the molecule is O=[N+]([O-])c1ccc(-c2csc(N/N=C\c3ccc(O)cc3)n2)cc1. The van der Waals surface area contributed by atoms with Crippen LogP contribution in [0.15, 0.2) is 59.0 Å². The Bertz CT molecular complexity index is 873.